The fourth-order valence-corrected chi connectivity index (χ4v) is 3.42. The van der Waals surface area contributed by atoms with Gasteiger partial charge >= 0.3 is 0 Å². The van der Waals surface area contributed by atoms with Gasteiger partial charge in [0.05, 0.1) is 6.54 Å². The topological polar surface area (TPSA) is 53.6 Å². The van der Waals surface area contributed by atoms with Crippen LogP contribution in [-0.2, 0) is 0 Å². The van der Waals surface area contributed by atoms with Crippen molar-refractivity contribution in [1.82, 2.24) is 10.2 Å². The average molecular weight is 302 g/mol. The minimum atomic E-state index is -2.58. The van der Waals surface area contributed by atoms with Gasteiger partial charge in [-0.1, -0.05) is 13.3 Å². The summed E-state index contributed by atoms with van der Waals surface area (Å²) in [5.74, 6) is -2.92. The minimum absolute atomic E-state index is 0.00590. The zero-order chi connectivity index (χ0) is 15.3. The molecule has 0 aromatic rings. The molecule has 2 unspecified atom stereocenters. The number of hydrogen-bond acceptors (Lipinski definition) is 2. The Bertz CT molecular complexity index is 360. The molecule has 1 saturated heterocycles. The Morgan fingerprint density at radius 3 is 2.86 bits per heavy atom. The predicted molar refractivity (Wildman–Crippen MR) is 81.7 cm³/mol. The average Bonchev–Trinajstić information content (AvgIpc) is 2.91. The van der Waals surface area contributed by atoms with Gasteiger partial charge in [-0.15, -0.1) is 0 Å². The van der Waals surface area contributed by atoms with Gasteiger partial charge in [-0.25, -0.2) is 8.78 Å². The van der Waals surface area contributed by atoms with Crippen LogP contribution >= 0.6 is 0 Å². The van der Waals surface area contributed by atoms with Crippen LogP contribution in [0.25, 0.3) is 0 Å². The molecule has 2 atom stereocenters. The molecule has 0 amide bonds. The van der Waals surface area contributed by atoms with Crippen molar-refractivity contribution in [2.45, 2.75) is 57.4 Å². The number of halogens is 2. The van der Waals surface area contributed by atoms with Crippen molar-refractivity contribution in [1.29, 1.82) is 0 Å². The first kappa shape index (κ1) is 16.5. The fourth-order valence-electron chi connectivity index (χ4n) is 3.42. The van der Waals surface area contributed by atoms with Crippen LogP contribution in [0, 0.1) is 5.92 Å². The molecule has 1 saturated carbocycles. The number of guanidine groups is 1. The van der Waals surface area contributed by atoms with Gasteiger partial charge in [-0.2, -0.15) is 0 Å². The molecule has 1 aliphatic heterocycles. The van der Waals surface area contributed by atoms with Crippen molar-refractivity contribution in [3.05, 3.63) is 0 Å². The highest BCUT2D eigenvalue weighted by molar-refractivity contribution is 5.77. The predicted octanol–water partition coefficient (Wildman–Crippen LogP) is 2.20. The van der Waals surface area contributed by atoms with Gasteiger partial charge in [0, 0.05) is 24.9 Å². The maximum Gasteiger partial charge on any atom is 0.252 e. The molecule has 0 aromatic carbocycles. The lowest BCUT2D eigenvalue weighted by Gasteiger charge is -2.30. The van der Waals surface area contributed by atoms with Gasteiger partial charge in [0.1, 0.15) is 0 Å². The van der Waals surface area contributed by atoms with Gasteiger partial charge in [0.25, 0.3) is 5.92 Å². The maximum absolute atomic E-state index is 13.7. The molecular weight excluding hydrogens is 274 g/mol. The van der Waals surface area contributed by atoms with Crippen molar-refractivity contribution >= 4 is 5.96 Å². The lowest BCUT2D eigenvalue weighted by molar-refractivity contribution is -0.0814. The summed E-state index contributed by atoms with van der Waals surface area (Å²) >= 11 is 0. The van der Waals surface area contributed by atoms with Crippen molar-refractivity contribution in [3.63, 3.8) is 0 Å². The van der Waals surface area contributed by atoms with E-state index in [0.717, 1.165) is 32.5 Å². The number of alkyl halides is 2. The van der Waals surface area contributed by atoms with E-state index in [1.807, 2.05) is 0 Å². The number of likely N-dealkylation sites (tertiary alicyclic amines) is 1. The Morgan fingerprint density at radius 1 is 1.33 bits per heavy atom. The van der Waals surface area contributed by atoms with Crippen molar-refractivity contribution in [2.24, 2.45) is 16.6 Å². The zero-order valence-electron chi connectivity index (χ0n) is 13.0. The first-order valence-electron chi connectivity index (χ1n) is 8.18. The molecule has 1 aliphatic carbocycles. The Labute approximate surface area is 126 Å². The van der Waals surface area contributed by atoms with Gasteiger partial charge in [-0.05, 0) is 38.8 Å². The molecule has 1 heterocycles. The number of nitrogens with two attached hydrogens (primary N) is 1. The monoisotopic (exact) mass is 302 g/mol. The molecule has 122 valence electrons. The maximum atomic E-state index is 13.7. The molecule has 0 aromatic heterocycles. The van der Waals surface area contributed by atoms with Crippen LogP contribution in [0.2, 0.25) is 0 Å². The summed E-state index contributed by atoms with van der Waals surface area (Å²) in [5.41, 5.74) is 5.82. The summed E-state index contributed by atoms with van der Waals surface area (Å²) in [4.78, 5) is 6.55. The van der Waals surface area contributed by atoms with Gasteiger partial charge in [-0.3, -0.25) is 9.89 Å². The van der Waals surface area contributed by atoms with Gasteiger partial charge in [0.2, 0.25) is 0 Å². The Morgan fingerprint density at radius 2 is 2.14 bits per heavy atom. The molecule has 0 radical (unpaired) electrons. The highest BCUT2D eigenvalue weighted by atomic mass is 19.3. The number of nitrogens with one attached hydrogen (secondary N) is 1. The molecule has 4 nitrogen and oxygen atoms in total. The molecule has 2 rings (SSSR count). The summed E-state index contributed by atoms with van der Waals surface area (Å²) in [6.45, 7) is 5.21. The smallest absolute Gasteiger partial charge is 0.252 e. The zero-order valence-corrected chi connectivity index (χ0v) is 13.0. The Kier molecular flexibility index (Phi) is 5.79. The van der Waals surface area contributed by atoms with Crippen LogP contribution in [0.4, 0.5) is 8.78 Å². The van der Waals surface area contributed by atoms with Gasteiger partial charge in [0.15, 0.2) is 5.96 Å². The fraction of sp³-hybridized carbons (Fsp3) is 0.933. The highest BCUT2D eigenvalue weighted by Crippen LogP contribution is 2.38. The number of hydrogen-bond donors (Lipinski definition) is 2. The first-order chi connectivity index (χ1) is 10.0. The minimum Gasteiger partial charge on any atom is -0.370 e. The summed E-state index contributed by atoms with van der Waals surface area (Å²) in [6.07, 6.45) is 4.41. The summed E-state index contributed by atoms with van der Waals surface area (Å²) in [7, 11) is 0. The van der Waals surface area contributed by atoms with E-state index in [1.165, 1.54) is 6.42 Å². The number of likely N-dealkylation sites (N-methyl/N-ethyl adjacent to an activating group) is 1. The van der Waals surface area contributed by atoms with E-state index in [1.54, 1.807) is 0 Å². The Balaban J connectivity index is 1.76. The number of nitrogens with zero attached hydrogens (tertiary/aromatic N) is 2. The molecule has 2 fully saturated rings. The van der Waals surface area contributed by atoms with E-state index in [0.29, 0.717) is 24.8 Å². The second-order valence-electron chi connectivity index (χ2n) is 6.24. The van der Waals surface area contributed by atoms with E-state index in [-0.39, 0.29) is 13.0 Å². The third kappa shape index (κ3) is 4.53. The van der Waals surface area contributed by atoms with Crippen LogP contribution in [-0.4, -0.2) is 49.0 Å². The van der Waals surface area contributed by atoms with Crippen molar-refractivity contribution < 1.29 is 8.78 Å². The molecule has 21 heavy (non-hydrogen) atoms. The van der Waals surface area contributed by atoms with Crippen molar-refractivity contribution in [2.75, 3.05) is 26.2 Å². The van der Waals surface area contributed by atoms with E-state index in [4.69, 9.17) is 5.73 Å². The summed E-state index contributed by atoms with van der Waals surface area (Å²) in [6, 6.07) is 0.486. The molecule has 3 N–H and O–H groups in total. The third-order valence-electron chi connectivity index (χ3n) is 4.82. The third-order valence-corrected chi connectivity index (χ3v) is 4.82. The van der Waals surface area contributed by atoms with Crippen LogP contribution in [0.3, 0.4) is 0 Å². The van der Waals surface area contributed by atoms with Crippen LogP contribution in [0.5, 0.6) is 0 Å². The summed E-state index contributed by atoms with van der Waals surface area (Å²) < 4.78 is 27.4. The molecular formula is C15H28F2N4. The molecule has 0 bridgehead atoms. The Hall–Kier alpha value is -0.910. The quantitative estimate of drug-likeness (QED) is 0.605. The normalized spacial score (nSPS) is 30.5. The van der Waals surface area contributed by atoms with Crippen LogP contribution < -0.4 is 11.1 Å². The van der Waals surface area contributed by atoms with Crippen LogP contribution in [0.1, 0.15) is 45.4 Å². The molecule has 2 aliphatic rings. The van der Waals surface area contributed by atoms with Crippen molar-refractivity contribution in [3.8, 4) is 0 Å². The van der Waals surface area contributed by atoms with E-state index < -0.39 is 11.8 Å². The van der Waals surface area contributed by atoms with E-state index in [2.05, 4.69) is 22.1 Å². The first-order valence-corrected chi connectivity index (χ1v) is 8.18. The summed E-state index contributed by atoms with van der Waals surface area (Å²) in [5, 5.41) is 3.10. The number of aliphatic imine (C=N–C) groups is 1. The standard InChI is InChI=1S/C15H28F2N4/c1-2-21-9-5-7-13(21)11-20-14(18)19-10-12-6-3-4-8-15(12,16)17/h12-13H,2-11H2,1H3,(H3,18,19,20). The molecule has 0 spiro atoms. The largest absolute Gasteiger partial charge is 0.370 e. The highest BCUT2D eigenvalue weighted by Gasteiger charge is 2.41. The SMILES string of the molecule is CCN1CCCC1CNC(N)=NCC1CCCCC1(F)F. The molecule has 6 heteroatoms. The number of rotatable bonds is 5. The van der Waals surface area contributed by atoms with Crippen LogP contribution in [0.15, 0.2) is 4.99 Å². The second kappa shape index (κ2) is 7.38. The van der Waals surface area contributed by atoms with Gasteiger partial charge < -0.3 is 11.1 Å². The lowest BCUT2D eigenvalue weighted by Crippen LogP contribution is -2.43. The second-order valence-corrected chi connectivity index (χ2v) is 6.24. The van der Waals surface area contributed by atoms with E-state index >= 15 is 0 Å². The lowest BCUT2D eigenvalue weighted by atomic mass is 9.86. The van der Waals surface area contributed by atoms with E-state index in [9.17, 15) is 8.78 Å².